The van der Waals surface area contributed by atoms with E-state index in [4.69, 9.17) is 5.73 Å². The molecule has 0 atom stereocenters. The molecule has 0 aliphatic rings. The van der Waals surface area contributed by atoms with Crippen molar-refractivity contribution in [2.75, 3.05) is 5.32 Å². The van der Waals surface area contributed by atoms with E-state index in [9.17, 15) is 9.59 Å². The van der Waals surface area contributed by atoms with E-state index in [-0.39, 0.29) is 5.69 Å². The molecule has 3 N–H and O–H groups in total. The second kappa shape index (κ2) is 7.01. The SMILES string of the molecule is NC(=O)c1cc(Cc2ccccc2)sc1NC(=O)c1cnccn1. The van der Waals surface area contributed by atoms with Crippen molar-refractivity contribution in [3.05, 3.63) is 76.7 Å². The summed E-state index contributed by atoms with van der Waals surface area (Å²) in [6, 6.07) is 11.6. The van der Waals surface area contributed by atoms with Crippen molar-refractivity contribution in [3.63, 3.8) is 0 Å². The third-order valence-electron chi connectivity index (χ3n) is 3.29. The number of carbonyl (C=O) groups is 2. The monoisotopic (exact) mass is 338 g/mol. The van der Waals surface area contributed by atoms with E-state index in [1.54, 1.807) is 6.07 Å². The zero-order chi connectivity index (χ0) is 16.9. The zero-order valence-corrected chi connectivity index (χ0v) is 13.4. The van der Waals surface area contributed by atoms with Crippen LogP contribution in [0.3, 0.4) is 0 Å². The van der Waals surface area contributed by atoms with E-state index in [2.05, 4.69) is 15.3 Å². The fraction of sp³-hybridized carbons (Fsp3) is 0.0588. The Kier molecular flexibility index (Phi) is 4.62. The molecule has 3 rings (SSSR count). The Morgan fingerprint density at radius 3 is 2.62 bits per heavy atom. The van der Waals surface area contributed by atoms with Gasteiger partial charge in [0.15, 0.2) is 0 Å². The van der Waals surface area contributed by atoms with Crippen LogP contribution in [0.2, 0.25) is 0 Å². The lowest BCUT2D eigenvalue weighted by Gasteiger charge is -2.03. The fourth-order valence-electron chi connectivity index (χ4n) is 2.19. The van der Waals surface area contributed by atoms with E-state index >= 15 is 0 Å². The Morgan fingerprint density at radius 1 is 1.17 bits per heavy atom. The van der Waals surface area contributed by atoms with Crippen molar-refractivity contribution in [2.24, 2.45) is 5.73 Å². The molecule has 0 radical (unpaired) electrons. The highest BCUT2D eigenvalue weighted by Gasteiger charge is 2.17. The highest BCUT2D eigenvalue weighted by Crippen LogP contribution is 2.30. The van der Waals surface area contributed by atoms with Gasteiger partial charge in [-0.1, -0.05) is 30.3 Å². The average molecular weight is 338 g/mol. The number of nitrogens with one attached hydrogen (secondary N) is 1. The first kappa shape index (κ1) is 15.8. The molecule has 6 nitrogen and oxygen atoms in total. The third kappa shape index (κ3) is 3.64. The van der Waals surface area contributed by atoms with Gasteiger partial charge in [-0.15, -0.1) is 11.3 Å². The lowest BCUT2D eigenvalue weighted by atomic mass is 10.1. The first-order valence-electron chi connectivity index (χ1n) is 7.17. The van der Waals surface area contributed by atoms with E-state index in [0.29, 0.717) is 17.0 Å². The smallest absolute Gasteiger partial charge is 0.276 e. The van der Waals surface area contributed by atoms with E-state index in [1.807, 2.05) is 30.3 Å². The molecule has 0 unspecified atom stereocenters. The Bertz CT molecular complexity index is 863. The molecule has 0 saturated heterocycles. The molecule has 2 aromatic heterocycles. The summed E-state index contributed by atoms with van der Waals surface area (Å²) in [6.07, 6.45) is 4.93. The zero-order valence-electron chi connectivity index (χ0n) is 12.6. The van der Waals surface area contributed by atoms with Gasteiger partial charge in [0.25, 0.3) is 11.8 Å². The summed E-state index contributed by atoms with van der Waals surface area (Å²) in [7, 11) is 0. The van der Waals surface area contributed by atoms with Crippen molar-refractivity contribution in [3.8, 4) is 0 Å². The maximum atomic E-state index is 12.2. The maximum absolute atomic E-state index is 12.2. The lowest BCUT2D eigenvalue weighted by Crippen LogP contribution is -2.17. The van der Waals surface area contributed by atoms with Gasteiger partial charge in [-0.2, -0.15) is 0 Å². The van der Waals surface area contributed by atoms with Crippen LogP contribution < -0.4 is 11.1 Å². The predicted molar refractivity (Wildman–Crippen MR) is 92.1 cm³/mol. The highest BCUT2D eigenvalue weighted by atomic mass is 32.1. The van der Waals surface area contributed by atoms with Crippen LogP contribution in [0.25, 0.3) is 0 Å². The average Bonchev–Trinajstić information content (AvgIpc) is 2.99. The van der Waals surface area contributed by atoms with E-state index < -0.39 is 11.8 Å². The molecule has 3 aromatic rings. The molecule has 24 heavy (non-hydrogen) atoms. The van der Waals surface area contributed by atoms with Crippen molar-refractivity contribution >= 4 is 28.2 Å². The number of anilines is 1. The number of rotatable bonds is 5. The van der Waals surface area contributed by atoms with Gasteiger partial charge < -0.3 is 11.1 Å². The van der Waals surface area contributed by atoms with Crippen LogP contribution in [0, 0.1) is 0 Å². The molecular weight excluding hydrogens is 324 g/mol. The minimum absolute atomic E-state index is 0.172. The van der Waals surface area contributed by atoms with Crippen LogP contribution in [0.5, 0.6) is 0 Å². The summed E-state index contributed by atoms with van der Waals surface area (Å²) in [5.41, 5.74) is 7.00. The molecule has 0 aliphatic carbocycles. The number of aromatic nitrogens is 2. The number of nitrogens with zero attached hydrogens (tertiary/aromatic N) is 2. The molecule has 2 heterocycles. The van der Waals surface area contributed by atoms with E-state index in [1.165, 1.54) is 29.9 Å². The van der Waals surface area contributed by atoms with Gasteiger partial charge in [0, 0.05) is 23.7 Å². The Hall–Kier alpha value is -3.06. The van der Waals surface area contributed by atoms with Gasteiger partial charge >= 0.3 is 0 Å². The summed E-state index contributed by atoms with van der Waals surface area (Å²) in [5.74, 6) is -1.02. The van der Waals surface area contributed by atoms with Crippen LogP contribution in [0.15, 0.2) is 55.0 Å². The van der Waals surface area contributed by atoms with Crippen molar-refractivity contribution in [1.82, 2.24) is 9.97 Å². The molecule has 0 fully saturated rings. The lowest BCUT2D eigenvalue weighted by molar-refractivity contribution is 0.100. The molecular formula is C17H14N4O2S. The number of nitrogens with two attached hydrogens (primary N) is 1. The second-order valence-electron chi connectivity index (χ2n) is 5.03. The molecule has 1 aromatic carbocycles. The van der Waals surface area contributed by atoms with Crippen LogP contribution >= 0.6 is 11.3 Å². The van der Waals surface area contributed by atoms with Gasteiger partial charge in [-0.3, -0.25) is 14.6 Å². The van der Waals surface area contributed by atoms with Crippen LogP contribution in [-0.2, 0) is 6.42 Å². The third-order valence-corrected chi connectivity index (χ3v) is 4.34. The van der Waals surface area contributed by atoms with Gasteiger partial charge in [0.05, 0.1) is 11.8 Å². The van der Waals surface area contributed by atoms with Gasteiger partial charge in [-0.25, -0.2) is 4.98 Å². The minimum atomic E-state index is -0.583. The number of thiophene rings is 1. The molecule has 0 bridgehead atoms. The molecule has 7 heteroatoms. The first-order valence-corrected chi connectivity index (χ1v) is 7.99. The maximum Gasteiger partial charge on any atom is 0.276 e. The fourth-order valence-corrected chi connectivity index (χ4v) is 3.28. The van der Waals surface area contributed by atoms with Gasteiger partial charge in [0.1, 0.15) is 10.7 Å². The largest absolute Gasteiger partial charge is 0.366 e. The van der Waals surface area contributed by atoms with Crippen LogP contribution in [0.1, 0.15) is 31.3 Å². The number of amides is 2. The summed E-state index contributed by atoms with van der Waals surface area (Å²) in [6.45, 7) is 0. The van der Waals surface area contributed by atoms with Crippen molar-refractivity contribution in [2.45, 2.75) is 6.42 Å². The number of hydrogen-bond acceptors (Lipinski definition) is 5. The number of primary amides is 1. The Morgan fingerprint density at radius 2 is 1.96 bits per heavy atom. The topological polar surface area (TPSA) is 98.0 Å². The van der Waals surface area contributed by atoms with Crippen molar-refractivity contribution in [1.29, 1.82) is 0 Å². The van der Waals surface area contributed by atoms with Crippen LogP contribution in [-0.4, -0.2) is 21.8 Å². The van der Waals surface area contributed by atoms with E-state index in [0.717, 1.165) is 10.4 Å². The molecule has 0 aliphatic heterocycles. The predicted octanol–water partition coefficient (Wildman–Crippen LogP) is 2.48. The van der Waals surface area contributed by atoms with Crippen molar-refractivity contribution < 1.29 is 9.59 Å². The first-order chi connectivity index (χ1) is 11.6. The number of benzene rings is 1. The summed E-state index contributed by atoms with van der Waals surface area (Å²) in [4.78, 5) is 32.6. The molecule has 0 saturated carbocycles. The summed E-state index contributed by atoms with van der Waals surface area (Å²) < 4.78 is 0. The van der Waals surface area contributed by atoms with Crippen LogP contribution in [0.4, 0.5) is 5.00 Å². The number of carbonyl (C=O) groups excluding carboxylic acids is 2. The Balaban J connectivity index is 1.84. The van der Waals surface area contributed by atoms with Gasteiger partial charge in [0.2, 0.25) is 0 Å². The highest BCUT2D eigenvalue weighted by molar-refractivity contribution is 7.16. The number of hydrogen-bond donors (Lipinski definition) is 2. The summed E-state index contributed by atoms with van der Waals surface area (Å²) >= 11 is 1.32. The van der Waals surface area contributed by atoms with Gasteiger partial charge in [-0.05, 0) is 11.6 Å². The Labute approximate surface area is 142 Å². The molecule has 120 valence electrons. The minimum Gasteiger partial charge on any atom is -0.366 e. The molecule has 0 spiro atoms. The summed E-state index contributed by atoms with van der Waals surface area (Å²) in [5, 5.41) is 3.11. The standard InChI is InChI=1S/C17H14N4O2S/c18-15(22)13-9-12(8-11-4-2-1-3-5-11)24-17(13)21-16(23)14-10-19-6-7-20-14/h1-7,9-10H,8H2,(H2,18,22)(H,21,23). The quantitative estimate of drug-likeness (QED) is 0.746. The molecule has 2 amide bonds. The second-order valence-corrected chi connectivity index (χ2v) is 6.16. The normalized spacial score (nSPS) is 10.3.